The zero-order valence-electron chi connectivity index (χ0n) is 17.4. The number of carbonyl (C=O) groups excluding carboxylic acids is 1. The summed E-state index contributed by atoms with van der Waals surface area (Å²) in [5.74, 6) is 0.638. The van der Waals surface area contributed by atoms with Gasteiger partial charge < -0.3 is 9.88 Å². The average molecular weight is 449 g/mol. The predicted octanol–water partition coefficient (Wildman–Crippen LogP) is 3.29. The number of benzene rings is 2. The van der Waals surface area contributed by atoms with Gasteiger partial charge in [0.1, 0.15) is 5.82 Å². The van der Waals surface area contributed by atoms with Gasteiger partial charge in [-0.3, -0.25) is 4.79 Å². The maximum absolute atomic E-state index is 12.4. The highest BCUT2D eigenvalue weighted by Gasteiger charge is 2.19. The molecule has 1 atom stereocenters. The Bertz CT molecular complexity index is 1170. The highest BCUT2D eigenvalue weighted by atomic mass is 35.5. The van der Waals surface area contributed by atoms with E-state index in [9.17, 15) is 13.2 Å². The second kappa shape index (κ2) is 8.75. The number of nitrogens with zero attached hydrogens (tertiary/aromatic N) is 3. The first-order chi connectivity index (χ1) is 14.1. The smallest absolute Gasteiger partial charge is 0.242 e. The van der Waals surface area contributed by atoms with E-state index in [2.05, 4.69) is 10.3 Å². The molecule has 9 heteroatoms. The topological polar surface area (TPSA) is 84.3 Å². The Kier molecular flexibility index (Phi) is 6.50. The van der Waals surface area contributed by atoms with Gasteiger partial charge in [0.05, 0.1) is 22.0 Å². The van der Waals surface area contributed by atoms with E-state index in [1.165, 1.54) is 18.4 Å². The standard InChI is InChI=1S/C21H25ClN4O3S/c1-14(15-5-7-16(22)8-6-15)23-21(27)12-11-20-24-18-13-17(30(28,29)25(2)3)9-10-19(18)26(20)4/h5-10,13-14H,11-12H2,1-4H3,(H,23,27). The largest absolute Gasteiger partial charge is 0.350 e. The molecule has 1 heterocycles. The van der Waals surface area contributed by atoms with Crippen molar-refractivity contribution >= 4 is 38.6 Å². The molecule has 0 saturated carbocycles. The van der Waals surface area contributed by atoms with Crippen molar-refractivity contribution in [2.45, 2.75) is 30.7 Å². The van der Waals surface area contributed by atoms with E-state index in [0.717, 1.165) is 16.9 Å². The number of carbonyl (C=O) groups is 1. The van der Waals surface area contributed by atoms with Crippen LogP contribution in [0.3, 0.4) is 0 Å². The van der Waals surface area contributed by atoms with Gasteiger partial charge in [-0.1, -0.05) is 23.7 Å². The summed E-state index contributed by atoms with van der Waals surface area (Å²) in [5.41, 5.74) is 2.38. The third-order valence-electron chi connectivity index (χ3n) is 5.05. The summed E-state index contributed by atoms with van der Waals surface area (Å²) >= 11 is 5.91. The number of rotatable bonds is 7. The van der Waals surface area contributed by atoms with Crippen molar-refractivity contribution < 1.29 is 13.2 Å². The fourth-order valence-electron chi connectivity index (χ4n) is 3.20. The summed E-state index contributed by atoms with van der Waals surface area (Å²) < 4.78 is 27.8. The summed E-state index contributed by atoms with van der Waals surface area (Å²) in [6.07, 6.45) is 0.720. The molecule has 7 nitrogen and oxygen atoms in total. The SMILES string of the molecule is CC(NC(=O)CCc1nc2cc(S(=O)(=O)N(C)C)ccc2n1C)c1ccc(Cl)cc1. The molecule has 0 bridgehead atoms. The van der Waals surface area contributed by atoms with Crippen molar-refractivity contribution in [3.05, 3.63) is 58.9 Å². The zero-order valence-corrected chi connectivity index (χ0v) is 19.0. The van der Waals surface area contributed by atoms with E-state index in [4.69, 9.17) is 11.6 Å². The van der Waals surface area contributed by atoms with Crippen molar-refractivity contribution in [3.63, 3.8) is 0 Å². The van der Waals surface area contributed by atoms with Gasteiger partial charge in [-0.25, -0.2) is 17.7 Å². The fraction of sp³-hybridized carbons (Fsp3) is 0.333. The van der Waals surface area contributed by atoms with E-state index >= 15 is 0 Å². The molecule has 2 aromatic carbocycles. The Balaban J connectivity index is 1.70. The first-order valence-corrected chi connectivity index (χ1v) is 11.3. The lowest BCUT2D eigenvalue weighted by Crippen LogP contribution is -2.27. The minimum Gasteiger partial charge on any atom is -0.350 e. The second-order valence-electron chi connectivity index (χ2n) is 7.37. The number of hydrogen-bond donors (Lipinski definition) is 1. The number of sulfonamides is 1. The van der Waals surface area contributed by atoms with Gasteiger partial charge in [-0.15, -0.1) is 0 Å². The van der Waals surface area contributed by atoms with Crippen LogP contribution in [0.1, 0.15) is 30.8 Å². The Hall–Kier alpha value is -2.42. The predicted molar refractivity (Wildman–Crippen MR) is 118 cm³/mol. The molecule has 30 heavy (non-hydrogen) atoms. The number of aromatic nitrogens is 2. The molecule has 1 aromatic heterocycles. The number of imidazole rings is 1. The van der Waals surface area contributed by atoms with Gasteiger partial charge >= 0.3 is 0 Å². The quantitative estimate of drug-likeness (QED) is 0.601. The maximum atomic E-state index is 12.4. The van der Waals surface area contributed by atoms with Crippen LogP contribution >= 0.6 is 11.6 Å². The summed E-state index contributed by atoms with van der Waals surface area (Å²) in [6.45, 7) is 1.92. The first-order valence-electron chi connectivity index (χ1n) is 9.52. The van der Waals surface area contributed by atoms with Crippen LogP contribution in [0.2, 0.25) is 5.02 Å². The lowest BCUT2D eigenvalue weighted by atomic mass is 10.1. The summed E-state index contributed by atoms with van der Waals surface area (Å²) in [6, 6.07) is 12.1. The lowest BCUT2D eigenvalue weighted by Gasteiger charge is -2.14. The van der Waals surface area contributed by atoms with Crippen molar-refractivity contribution in [3.8, 4) is 0 Å². The molecule has 0 aliphatic heterocycles. The molecule has 1 amide bonds. The molecule has 1 N–H and O–H groups in total. The normalized spacial score (nSPS) is 13.0. The number of nitrogens with one attached hydrogen (secondary N) is 1. The molecule has 0 saturated heterocycles. The third-order valence-corrected chi connectivity index (χ3v) is 7.11. The number of amides is 1. The van der Waals surface area contributed by atoms with Gasteiger partial charge in [0.25, 0.3) is 0 Å². The van der Waals surface area contributed by atoms with Crippen LogP contribution in [0, 0.1) is 0 Å². The monoisotopic (exact) mass is 448 g/mol. The maximum Gasteiger partial charge on any atom is 0.242 e. The molecular formula is C21H25ClN4O3S. The molecular weight excluding hydrogens is 424 g/mol. The number of fused-ring (bicyclic) bond motifs is 1. The lowest BCUT2D eigenvalue weighted by molar-refractivity contribution is -0.121. The number of hydrogen-bond acceptors (Lipinski definition) is 4. The summed E-state index contributed by atoms with van der Waals surface area (Å²) in [7, 11) is 1.32. The highest BCUT2D eigenvalue weighted by molar-refractivity contribution is 7.89. The van der Waals surface area contributed by atoms with Crippen LogP contribution in [0.4, 0.5) is 0 Å². The third kappa shape index (κ3) is 4.66. The molecule has 0 fully saturated rings. The highest BCUT2D eigenvalue weighted by Crippen LogP contribution is 2.22. The van der Waals surface area contributed by atoms with Crippen LogP contribution in [0.15, 0.2) is 47.4 Å². The molecule has 3 aromatic rings. The van der Waals surface area contributed by atoms with Crippen LogP contribution in [0.25, 0.3) is 11.0 Å². The van der Waals surface area contributed by atoms with E-state index in [-0.39, 0.29) is 23.3 Å². The number of halogens is 1. The van der Waals surface area contributed by atoms with Gasteiger partial charge in [0.15, 0.2) is 0 Å². The zero-order chi connectivity index (χ0) is 22.1. The Morgan fingerprint density at radius 2 is 1.87 bits per heavy atom. The van der Waals surface area contributed by atoms with E-state index in [1.807, 2.05) is 30.7 Å². The van der Waals surface area contributed by atoms with Crippen molar-refractivity contribution in [2.75, 3.05) is 14.1 Å². The molecule has 160 valence electrons. The fourth-order valence-corrected chi connectivity index (χ4v) is 4.25. The van der Waals surface area contributed by atoms with Gasteiger partial charge in [-0.2, -0.15) is 0 Å². The van der Waals surface area contributed by atoms with E-state index in [1.54, 1.807) is 30.3 Å². The molecule has 0 aliphatic carbocycles. The minimum atomic E-state index is -3.53. The van der Waals surface area contributed by atoms with Crippen molar-refractivity contribution in [2.24, 2.45) is 7.05 Å². The molecule has 1 unspecified atom stereocenters. The van der Waals surface area contributed by atoms with Crippen molar-refractivity contribution in [1.29, 1.82) is 0 Å². The summed E-state index contributed by atoms with van der Waals surface area (Å²) in [4.78, 5) is 17.1. The van der Waals surface area contributed by atoms with Gasteiger partial charge in [0.2, 0.25) is 15.9 Å². The Labute approximate surface area is 181 Å². The molecule has 3 rings (SSSR count). The minimum absolute atomic E-state index is 0.0830. The van der Waals surface area contributed by atoms with Crippen LogP contribution < -0.4 is 5.32 Å². The van der Waals surface area contributed by atoms with Gasteiger partial charge in [-0.05, 0) is 42.8 Å². The Morgan fingerprint density at radius 3 is 2.50 bits per heavy atom. The van der Waals surface area contributed by atoms with E-state index < -0.39 is 10.0 Å². The Morgan fingerprint density at radius 1 is 1.20 bits per heavy atom. The second-order valence-corrected chi connectivity index (χ2v) is 9.95. The van der Waals surface area contributed by atoms with Crippen LogP contribution in [-0.4, -0.2) is 42.3 Å². The first kappa shape index (κ1) is 22.3. The molecule has 0 spiro atoms. The summed E-state index contributed by atoms with van der Waals surface area (Å²) in [5, 5.41) is 3.63. The number of aryl methyl sites for hydroxylation is 2. The van der Waals surface area contributed by atoms with Gasteiger partial charge in [0, 0.05) is 39.0 Å². The van der Waals surface area contributed by atoms with Crippen molar-refractivity contribution in [1.82, 2.24) is 19.2 Å². The molecule has 0 radical (unpaired) electrons. The van der Waals surface area contributed by atoms with E-state index in [0.29, 0.717) is 17.0 Å². The molecule has 0 aliphatic rings. The van der Waals surface area contributed by atoms with Crippen LogP contribution in [-0.2, 0) is 28.3 Å². The average Bonchev–Trinajstić information content (AvgIpc) is 3.02. The van der Waals surface area contributed by atoms with Crippen LogP contribution in [0.5, 0.6) is 0 Å².